The summed E-state index contributed by atoms with van der Waals surface area (Å²) < 4.78 is 41.6. The predicted octanol–water partition coefficient (Wildman–Crippen LogP) is 6.29. The van der Waals surface area contributed by atoms with Crippen LogP contribution in [0.25, 0.3) is 5.70 Å². The van der Waals surface area contributed by atoms with Crippen LogP contribution in [0.15, 0.2) is 42.5 Å². The minimum Gasteiger partial charge on any atom is -0.265 e. The van der Waals surface area contributed by atoms with Crippen molar-refractivity contribution < 1.29 is 18.0 Å². The van der Waals surface area contributed by atoms with E-state index in [2.05, 4.69) is 5.48 Å². The van der Waals surface area contributed by atoms with Crippen molar-refractivity contribution in [1.82, 2.24) is 5.48 Å². The lowest BCUT2D eigenvalue weighted by Gasteiger charge is -2.28. The Balaban J connectivity index is 2.15. The predicted molar refractivity (Wildman–Crippen MR) is 92.6 cm³/mol. The number of rotatable bonds is 2. The lowest BCUT2D eigenvalue weighted by Crippen LogP contribution is -2.42. The van der Waals surface area contributed by atoms with E-state index in [0.717, 1.165) is 11.6 Å². The molecule has 0 saturated heterocycles. The molecule has 0 spiro atoms. The van der Waals surface area contributed by atoms with E-state index < -0.39 is 11.8 Å². The molecular weight excluding hydrogens is 398 g/mol. The topological polar surface area (TPSA) is 21.3 Å². The minimum absolute atomic E-state index is 0.0787. The molecule has 0 radical (unpaired) electrons. The first-order valence-electron chi connectivity index (χ1n) is 7.09. The smallest absolute Gasteiger partial charge is 0.265 e. The molecule has 0 aliphatic carbocycles. The van der Waals surface area contributed by atoms with Gasteiger partial charge in [0.05, 0.1) is 5.70 Å². The maximum atomic E-state index is 13.9. The van der Waals surface area contributed by atoms with Crippen molar-refractivity contribution in [1.29, 1.82) is 0 Å². The van der Waals surface area contributed by atoms with Crippen LogP contribution in [0.4, 0.5) is 13.2 Å². The maximum Gasteiger partial charge on any atom is 0.428 e. The number of alkyl halides is 3. The van der Waals surface area contributed by atoms with Gasteiger partial charge in [-0.25, -0.2) is 0 Å². The highest BCUT2D eigenvalue weighted by Gasteiger charge is 2.59. The zero-order valence-electron chi connectivity index (χ0n) is 12.7. The summed E-state index contributed by atoms with van der Waals surface area (Å²) in [5, 5.41) is 0.598. The first-order chi connectivity index (χ1) is 11.6. The first-order valence-corrected chi connectivity index (χ1v) is 8.22. The molecule has 0 bridgehead atoms. The van der Waals surface area contributed by atoms with Crippen LogP contribution in [-0.2, 0) is 10.4 Å². The zero-order valence-corrected chi connectivity index (χ0v) is 15.0. The normalized spacial score (nSPS) is 20.4. The van der Waals surface area contributed by atoms with Crippen molar-refractivity contribution in [3.63, 3.8) is 0 Å². The monoisotopic (exact) mass is 407 g/mol. The van der Waals surface area contributed by atoms with Crippen molar-refractivity contribution in [2.45, 2.75) is 18.7 Å². The average Bonchev–Trinajstić information content (AvgIpc) is 2.95. The summed E-state index contributed by atoms with van der Waals surface area (Å²) in [6, 6.07) is 8.62. The van der Waals surface area contributed by atoms with Gasteiger partial charge >= 0.3 is 6.18 Å². The molecule has 1 aliphatic rings. The third-order valence-corrected chi connectivity index (χ3v) is 4.71. The summed E-state index contributed by atoms with van der Waals surface area (Å²) in [4.78, 5) is 5.01. The molecule has 1 N–H and O–H groups in total. The molecule has 2 aromatic rings. The molecular formula is C17H11Cl3F3NO. The van der Waals surface area contributed by atoms with Crippen molar-refractivity contribution >= 4 is 40.5 Å². The fourth-order valence-corrected chi connectivity index (χ4v) is 3.22. The number of halogens is 6. The Morgan fingerprint density at radius 3 is 2.20 bits per heavy atom. The molecule has 2 aromatic carbocycles. The van der Waals surface area contributed by atoms with Gasteiger partial charge in [0.15, 0.2) is 0 Å². The molecule has 1 unspecified atom stereocenters. The van der Waals surface area contributed by atoms with E-state index in [-0.39, 0.29) is 21.3 Å². The number of hydrogen-bond acceptors (Lipinski definition) is 2. The van der Waals surface area contributed by atoms with Gasteiger partial charge < -0.3 is 0 Å². The third-order valence-electron chi connectivity index (χ3n) is 3.86. The highest BCUT2D eigenvalue weighted by atomic mass is 35.5. The van der Waals surface area contributed by atoms with Gasteiger partial charge in [0.1, 0.15) is 0 Å². The van der Waals surface area contributed by atoms with Gasteiger partial charge in [0, 0.05) is 26.2 Å². The molecule has 1 atom stereocenters. The summed E-state index contributed by atoms with van der Waals surface area (Å²) >= 11 is 17.8. The Morgan fingerprint density at radius 1 is 1.00 bits per heavy atom. The largest absolute Gasteiger partial charge is 0.428 e. The summed E-state index contributed by atoms with van der Waals surface area (Å²) in [6.07, 6.45) is -3.79. The van der Waals surface area contributed by atoms with Gasteiger partial charge in [-0.1, -0.05) is 46.9 Å². The van der Waals surface area contributed by atoms with Crippen LogP contribution in [0.2, 0.25) is 15.1 Å². The van der Waals surface area contributed by atoms with Gasteiger partial charge in [0.25, 0.3) is 0 Å². The molecule has 0 aromatic heterocycles. The second kappa shape index (κ2) is 6.40. The van der Waals surface area contributed by atoms with E-state index in [4.69, 9.17) is 39.6 Å². The summed E-state index contributed by atoms with van der Waals surface area (Å²) in [5.74, 6) is 0. The van der Waals surface area contributed by atoms with Crippen LogP contribution in [0, 0.1) is 6.92 Å². The van der Waals surface area contributed by atoms with Crippen molar-refractivity contribution in [3.05, 3.63) is 74.2 Å². The van der Waals surface area contributed by atoms with Crippen LogP contribution >= 0.6 is 34.8 Å². The van der Waals surface area contributed by atoms with Gasteiger partial charge in [-0.3, -0.25) is 10.3 Å². The molecule has 132 valence electrons. The van der Waals surface area contributed by atoms with E-state index >= 15 is 0 Å². The van der Waals surface area contributed by atoms with Gasteiger partial charge in [-0.05, 0) is 42.8 Å². The van der Waals surface area contributed by atoms with Crippen LogP contribution in [0.5, 0.6) is 0 Å². The molecule has 25 heavy (non-hydrogen) atoms. The number of benzene rings is 2. The minimum atomic E-state index is -4.75. The zero-order chi connectivity index (χ0) is 18.4. The van der Waals surface area contributed by atoms with Crippen molar-refractivity contribution in [2.24, 2.45) is 0 Å². The first kappa shape index (κ1) is 18.4. The lowest BCUT2D eigenvalue weighted by atomic mass is 9.91. The highest BCUT2D eigenvalue weighted by Crippen LogP contribution is 2.48. The molecule has 3 rings (SSSR count). The van der Waals surface area contributed by atoms with Gasteiger partial charge in [-0.2, -0.15) is 13.2 Å². The second-order valence-electron chi connectivity index (χ2n) is 5.62. The fourth-order valence-electron chi connectivity index (χ4n) is 2.51. The Hall–Kier alpha value is -1.40. The quantitative estimate of drug-likeness (QED) is 0.630. The average molecular weight is 409 g/mol. The Kier molecular flexibility index (Phi) is 4.71. The van der Waals surface area contributed by atoms with Gasteiger partial charge in [0.2, 0.25) is 5.60 Å². The number of nitrogens with one attached hydrogen (secondary N) is 1. The fraction of sp³-hybridized carbons (Fsp3) is 0.176. The summed E-state index contributed by atoms with van der Waals surface area (Å²) in [7, 11) is 0. The van der Waals surface area contributed by atoms with E-state index in [0.29, 0.717) is 10.6 Å². The SMILES string of the molecule is Cc1ccc(C2=CC(c3cc(Cl)cc(Cl)c3)(C(F)(F)F)ON2)cc1Cl. The van der Waals surface area contributed by atoms with E-state index in [1.54, 1.807) is 25.1 Å². The molecule has 0 fully saturated rings. The van der Waals surface area contributed by atoms with Gasteiger partial charge in [-0.15, -0.1) is 0 Å². The number of aryl methyl sites for hydroxylation is 1. The van der Waals surface area contributed by atoms with E-state index in [9.17, 15) is 13.2 Å². The molecule has 1 heterocycles. The van der Waals surface area contributed by atoms with E-state index in [1.165, 1.54) is 18.2 Å². The molecule has 0 amide bonds. The molecule has 8 heteroatoms. The summed E-state index contributed by atoms with van der Waals surface area (Å²) in [6.45, 7) is 1.80. The van der Waals surface area contributed by atoms with Crippen molar-refractivity contribution in [2.75, 3.05) is 0 Å². The molecule has 0 saturated carbocycles. The Morgan fingerprint density at radius 2 is 1.64 bits per heavy atom. The second-order valence-corrected chi connectivity index (χ2v) is 6.90. The van der Waals surface area contributed by atoms with Crippen LogP contribution in [-0.4, -0.2) is 6.18 Å². The lowest BCUT2D eigenvalue weighted by molar-refractivity contribution is -0.269. The number of hydrogen-bond donors (Lipinski definition) is 1. The van der Waals surface area contributed by atoms with Crippen LogP contribution < -0.4 is 5.48 Å². The summed E-state index contributed by atoms with van der Waals surface area (Å²) in [5.41, 5.74) is 0.842. The third kappa shape index (κ3) is 3.34. The molecule has 2 nitrogen and oxygen atoms in total. The van der Waals surface area contributed by atoms with Crippen LogP contribution in [0.3, 0.4) is 0 Å². The molecule has 1 aliphatic heterocycles. The number of hydroxylamine groups is 1. The standard InChI is InChI=1S/C17H11Cl3F3NO/c1-9-2-3-10(4-14(9)20)15-8-16(25-24-15,17(21,22)23)11-5-12(18)7-13(19)6-11/h2-8,24H,1H3. The Labute approximate surface area is 157 Å². The van der Waals surface area contributed by atoms with Crippen LogP contribution in [0.1, 0.15) is 16.7 Å². The Bertz CT molecular complexity index is 846. The van der Waals surface area contributed by atoms with Crippen molar-refractivity contribution in [3.8, 4) is 0 Å². The maximum absolute atomic E-state index is 13.9. The van der Waals surface area contributed by atoms with E-state index in [1.807, 2.05) is 0 Å². The highest BCUT2D eigenvalue weighted by molar-refractivity contribution is 6.34.